The fraction of sp³-hybridized carbons (Fsp3) is 1.00. The van der Waals surface area contributed by atoms with Crippen molar-refractivity contribution in [2.75, 3.05) is 31.8 Å². The van der Waals surface area contributed by atoms with Crippen LogP contribution in [0, 0.1) is 0 Å². The van der Waals surface area contributed by atoms with Crippen molar-refractivity contribution in [3.63, 3.8) is 0 Å². The van der Waals surface area contributed by atoms with Gasteiger partial charge in [-0.15, -0.1) is 0 Å². The Morgan fingerprint density at radius 1 is 1.50 bits per heavy atom. The van der Waals surface area contributed by atoms with E-state index in [0.29, 0.717) is 13.2 Å². The van der Waals surface area contributed by atoms with Crippen LogP contribution in [0.2, 0.25) is 0 Å². The number of aliphatic hydroxyl groups excluding tert-OH is 1. The zero-order valence-corrected chi connectivity index (χ0v) is 9.51. The molecule has 1 fully saturated rings. The van der Waals surface area contributed by atoms with Crippen LogP contribution in [0.4, 0.5) is 0 Å². The lowest BCUT2D eigenvalue weighted by Crippen LogP contribution is -3.00. The summed E-state index contributed by atoms with van der Waals surface area (Å²) < 4.78 is 26.9. The molecule has 0 radical (unpaired) electrons. The van der Waals surface area contributed by atoms with Crippen LogP contribution in [-0.2, 0) is 14.6 Å². The summed E-state index contributed by atoms with van der Waals surface area (Å²) in [6.07, 6.45) is -0.776. The van der Waals surface area contributed by atoms with Crippen molar-refractivity contribution in [1.29, 1.82) is 0 Å². The molecule has 2 atom stereocenters. The molecular formula is C7H15ClNO4S-. The van der Waals surface area contributed by atoms with E-state index in [2.05, 4.69) is 5.32 Å². The third-order valence-electron chi connectivity index (χ3n) is 2.04. The highest BCUT2D eigenvalue weighted by atomic mass is 35.5. The normalized spacial score (nSPS) is 29.9. The van der Waals surface area contributed by atoms with E-state index >= 15 is 0 Å². The van der Waals surface area contributed by atoms with Crippen molar-refractivity contribution in [3.05, 3.63) is 0 Å². The maximum atomic E-state index is 11.1. The number of rotatable bonds is 4. The highest BCUT2D eigenvalue weighted by molar-refractivity contribution is 7.91. The lowest BCUT2D eigenvalue weighted by atomic mass is 10.2. The average Bonchev–Trinajstić information content (AvgIpc) is 2.25. The van der Waals surface area contributed by atoms with Gasteiger partial charge in [-0.1, -0.05) is 0 Å². The van der Waals surface area contributed by atoms with Crippen LogP contribution in [0.5, 0.6) is 0 Å². The first kappa shape index (κ1) is 14.1. The number of methoxy groups -OCH3 is 1. The van der Waals surface area contributed by atoms with E-state index in [1.807, 2.05) is 0 Å². The third kappa shape index (κ3) is 4.10. The second-order valence-electron chi connectivity index (χ2n) is 3.20. The minimum Gasteiger partial charge on any atom is -1.00 e. The average molecular weight is 245 g/mol. The predicted molar refractivity (Wildman–Crippen MR) is 48.3 cm³/mol. The molecule has 0 aliphatic carbocycles. The minimum atomic E-state index is -3.04. The van der Waals surface area contributed by atoms with Gasteiger partial charge in [0.1, 0.15) is 0 Å². The SMILES string of the molecule is COCCNC1CS(=O)(=O)CC1O.[Cl-]. The van der Waals surface area contributed by atoms with Gasteiger partial charge in [-0.3, -0.25) is 0 Å². The Bertz CT molecular complexity index is 256. The van der Waals surface area contributed by atoms with Gasteiger partial charge >= 0.3 is 0 Å². The van der Waals surface area contributed by atoms with Gasteiger partial charge in [-0.05, 0) is 0 Å². The van der Waals surface area contributed by atoms with Gasteiger partial charge in [0.25, 0.3) is 0 Å². The molecule has 0 amide bonds. The number of aliphatic hydroxyl groups is 1. The lowest BCUT2D eigenvalue weighted by Gasteiger charge is -2.13. The third-order valence-corrected chi connectivity index (χ3v) is 3.75. The first-order chi connectivity index (χ1) is 6.05. The van der Waals surface area contributed by atoms with Crippen LogP contribution in [0.1, 0.15) is 0 Å². The van der Waals surface area contributed by atoms with Crippen LogP contribution < -0.4 is 17.7 Å². The smallest absolute Gasteiger partial charge is 0.154 e. The van der Waals surface area contributed by atoms with Crippen molar-refractivity contribution in [1.82, 2.24) is 5.32 Å². The summed E-state index contributed by atoms with van der Waals surface area (Å²) in [6, 6.07) is -0.333. The van der Waals surface area contributed by atoms with Crippen LogP contribution in [0.3, 0.4) is 0 Å². The number of hydrogen-bond donors (Lipinski definition) is 2. The molecule has 2 N–H and O–H groups in total. The highest BCUT2D eigenvalue weighted by Gasteiger charge is 2.35. The Balaban J connectivity index is 0.00000169. The summed E-state index contributed by atoms with van der Waals surface area (Å²) in [7, 11) is -1.46. The van der Waals surface area contributed by atoms with E-state index in [4.69, 9.17) is 4.74 Å². The molecule has 0 aromatic rings. The standard InChI is InChI=1S/C7H15NO4S.ClH/c1-12-3-2-8-6-4-13(10,11)5-7(6)9;/h6-9H,2-5H2,1H3;1H/p-1. The molecule has 1 aliphatic rings. The maximum absolute atomic E-state index is 11.1. The number of sulfone groups is 1. The lowest BCUT2D eigenvalue weighted by molar-refractivity contribution is -0.00000754. The number of nitrogens with one attached hydrogen (secondary N) is 1. The van der Waals surface area contributed by atoms with Crippen molar-refractivity contribution in [2.45, 2.75) is 12.1 Å². The molecule has 2 unspecified atom stereocenters. The molecule has 14 heavy (non-hydrogen) atoms. The molecule has 0 bridgehead atoms. The number of ether oxygens (including phenoxy) is 1. The Hall–Kier alpha value is 0.120. The fourth-order valence-corrected chi connectivity index (χ4v) is 3.15. The first-order valence-corrected chi connectivity index (χ1v) is 5.98. The number of hydrogen-bond acceptors (Lipinski definition) is 5. The predicted octanol–water partition coefficient (Wildman–Crippen LogP) is -4.62. The molecule has 1 rings (SSSR count). The zero-order valence-electron chi connectivity index (χ0n) is 7.94. The molecule has 0 spiro atoms. The molecule has 1 heterocycles. The van der Waals surface area contributed by atoms with E-state index in [-0.39, 0.29) is 30.0 Å². The van der Waals surface area contributed by atoms with Crippen molar-refractivity contribution >= 4 is 9.84 Å². The molecule has 7 heteroatoms. The van der Waals surface area contributed by atoms with Gasteiger partial charge in [0.05, 0.1) is 24.2 Å². The van der Waals surface area contributed by atoms with E-state index in [9.17, 15) is 13.5 Å². The maximum Gasteiger partial charge on any atom is 0.154 e. The second-order valence-corrected chi connectivity index (χ2v) is 5.35. The Kier molecular flexibility index (Phi) is 5.92. The summed E-state index contributed by atoms with van der Waals surface area (Å²) in [5, 5.41) is 12.3. The van der Waals surface area contributed by atoms with Gasteiger partial charge in [-0.2, -0.15) is 0 Å². The van der Waals surface area contributed by atoms with Gasteiger partial charge in [0.15, 0.2) is 9.84 Å². The summed E-state index contributed by atoms with van der Waals surface area (Å²) in [5.74, 6) is -0.102. The molecule has 0 saturated carbocycles. The van der Waals surface area contributed by atoms with Crippen molar-refractivity contribution < 1.29 is 30.7 Å². The number of halogens is 1. The largest absolute Gasteiger partial charge is 1.00 e. The monoisotopic (exact) mass is 244 g/mol. The Labute approximate surface area is 90.2 Å². The Morgan fingerprint density at radius 3 is 2.57 bits per heavy atom. The molecular weight excluding hydrogens is 230 g/mol. The molecule has 0 aromatic heterocycles. The van der Waals surface area contributed by atoms with Gasteiger partial charge in [0.2, 0.25) is 0 Å². The second kappa shape index (κ2) is 5.87. The minimum absolute atomic E-state index is 0. The van der Waals surface area contributed by atoms with Crippen LogP contribution in [0.15, 0.2) is 0 Å². The zero-order chi connectivity index (χ0) is 9.90. The summed E-state index contributed by atoms with van der Waals surface area (Å²) in [6.45, 7) is 1.08. The topological polar surface area (TPSA) is 75.6 Å². The van der Waals surface area contributed by atoms with E-state index in [0.717, 1.165) is 0 Å². The molecule has 5 nitrogen and oxygen atoms in total. The van der Waals surface area contributed by atoms with Crippen LogP contribution in [-0.4, -0.2) is 57.4 Å². The van der Waals surface area contributed by atoms with Crippen LogP contribution in [0.25, 0.3) is 0 Å². The van der Waals surface area contributed by atoms with Crippen molar-refractivity contribution in [2.24, 2.45) is 0 Å². The quantitative estimate of drug-likeness (QED) is 0.487. The van der Waals surface area contributed by atoms with E-state index in [1.54, 1.807) is 7.11 Å². The summed E-state index contributed by atoms with van der Waals surface area (Å²) in [4.78, 5) is 0. The van der Waals surface area contributed by atoms with Crippen molar-refractivity contribution in [3.8, 4) is 0 Å². The van der Waals surface area contributed by atoms with Gasteiger partial charge < -0.3 is 27.6 Å². The fourth-order valence-electron chi connectivity index (χ4n) is 1.37. The van der Waals surface area contributed by atoms with Gasteiger partial charge in [0, 0.05) is 19.7 Å². The summed E-state index contributed by atoms with van der Waals surface area (Å²) in [5.41, 5.74) is 0. The Morgan fingerprint density at radius 2 is 2.14 bits per heavy atom. The van der Waals surface area contributed by atoms with Crippen LogP contribution >= 0.6 is 0 Å². The molecule has 1 saturated heterocycles. The molecule has 86 valence electrons. The highest BCUT2D eigenvalue weighted by Crippen LogP contribution is 2.11. The molecule has 0 aromatic carbocycles. The van der Waals surface area contributed by atoms with E-state index < -0.39 is 15.9 Å². The molecule has 1 aliphatic heterocycles. The van der Waals surface area contributed by atoms with E-state index in [1.165, 1.54) is 0 Å². The first-order valence-electron chi connectivity index (χ1n) is 4.16. The van der Waals surface area contributed by atoms with Gasteiger partial charge in [-0.25, -0.2) is 8.42 Å². The summed E-state index contributed by atoms with van der Waals surface area (Å²) >= 11 is 0.